The van der Waals surface area contributed by atoms with E-state index in [1.165, 1.54) is 13.2 Å². The average molecular weight is 404 g/mol. The highest BCUT2D eigenvalue weighted by Crippen LogP contribution is 2.29. The predicted octanol–water partition coefficient (Wildman–Crippen LogP) is 3.54. The number of rotatable bonds is 4. The number of H-pyrrole nitrogens is 1. The van der Waals surface area contributed by atoms with Crippen molar-refractivity contribution in [2.45, 2.75) is 6.92 Å². The van der Waals surface area contributed by atoms with E-state index in [0.717, 1.165) is 12.1 Å². The highest BCUT2D eigenvalue weighted by atomic mass is 35.5. The summed E-state index contributed by atoms with van der Waals surface area (Å²) in [4.78, 5) is 27.3. The first-order valence-corrected chi connectivity index (χ1v) is 8.40. The van der Waals surface area contributed by atoms with E-state index in [1.54, 1.807) is 25.1 Å². The molecule has 1 aromatic heterocycles. The first kappa shape index (κ1) is 19.3. The molecule has 3 rings (SSSR count). The smallest absolute Gasteiger partial charge is 0.326 e. The van der Waals surface area contributed by atoms with E-state index in [1.807, 2.05) is 0 Å². The quantitative estimate of drug-likeness (QED) is 0.617. The fraction of sp³-hybridized carbons (Fsp3) is 0.111. The lowest BCUT2D eigenvalue weighted by Crippen LogP contribution is -2.34. The Balaban J connectivity index is 1.73. The number of benzene rings is 2. The molecule has 0 aliphatic rings. The van der Waals surface area contributed by atoms with Crippen LogP contribution >= 0.6 is 11.6 Å². The number of carbonyl (C=O) groups is 2. The fourth-order valence-electron chi connectivity index (χ4n) is 2.42. The van der Waals surface area contributed by atoms with Gasteiger partial charge < -0.3 is 15.0 Å². The van der Waals surface area contributed by atoms with Crippen LogP contribution in [0.2, 0.25) is 5.02 Å². The molecule has 0 atom stereocenters. The maximum absolute atomic E-state index is 13.1. The Morgan fingerprint density at radius 3 is 2.61 bits per heavy atom. The van der Waals surface area contributed by atoms with Crippen molar-refractivity contribution in [1.82, 2.24) is 20.5 Å². The molecule has 3 N–H and O–H groups in total. The molecular formula is C18H15ClFN5O3. The van der Waals surface area contributed by atoms with Gasteiger partial charge in [-0.3, -0.25) is 10.1 Å². The Hall–Kier alpha value is -3.46. The summed E-state index contributed by atoms with van der Waals surface area (Å²) >= 11 is 5.83. The van der Waals surface area contributed by atoms with Gasteiger partial charge in [0.25, 0.3) is 5.91 Å². The number of aryl methyl sites for hydroxylation is 1. The number of nitrogens with zero attached hydrogens (tertiary/aromatic N) is 2. The number of urea groups is 1. The van der Waals surface area contributed by atoms with Gasteiger partial charge in [0.05, 0.1) is 23.4 Å². The Morgan fingerprint density at radius 1 is 1.18 bits per heavy atom. The van der Waals surface area contributed by atoms with Crippen molar-refractivity contribution in [1.29, 1.82) is 0 Å². The summed E-state index contributed by atoms with van der Waals surface area (Å²) < 4.78 is 18.4. The Kier molecular flexibility index (Phi) is 5.55. The molecule has 0 saturated carbocycles. The average Bonchev–Trinajstić information content (AvgIpc) is 3.08. The number of nitrogens with one attached hydrogen (secondary N) is 3. The molecule has 0 radical (unpaired) electrons. The lowest BCUT2D eigenvalue weighted by molar-refractivity contribution is 0.0967. The number of hydrogen-bond donors (Lipinski definition) is 3. The second-order valence-electron chi connectivity index (χ2n) is 5.71. The van der Waals surface area contributed by atoms with Gasteiger partial charge in [0.1, 0.15) is 17.4 Å². The van der Waals surface area contributed by atoms with Crippen molar-refractivity contribution in [3.8, 4) is 17.1 Å². The van der Waals surface area contributed by atoms with Gasteiger partial charge in [0.15, 0.2) is 5.82 Å². The lowest BCUT2D eigenvalue weighted by atomic mass is 10.1. The number of hydrogen-bond acceptors (Lipinski definition) is 5. The molecule has 144 valence electrons. The lowest BCUT2D eigenvalue weighted by Gasteiger charge is -2.12. The van der Waals surface area contributed by atoms with Crippen LogP contribution in [0.25, 0.3) is 11.4 Å². The van der Waals surface area contributed by atoms with Crippen molar-refractivity contribution >= 4 is 29.2 Å². The van der Waals surface area contributed by atoms with Gasteiger partial charge >= 0.3 is 6.03 Å². The van der Waals surface area contributed by atoms with E-state index < -0.39 is 17.8 Å². The molecule has 0 saturated heterocycles. The molecule has 0 spiro atoms. The number of carbonyl (C=O) groups excluding carboxylic acids is 2. The zero-order valence-electron chi connectivity index (χ0n) is 14.8. The maximum Gasteiger partial charge on any atom is 0.326 e. The molecule has 10 heteroatoms. The van der Waals surface area contributed by atoms with Crippen LogP contribution in [0.4, 0.5) is 14.9 Å². The standard InChI is InChI=1S/C18H15ClFN5O3/c1-9-21-16(25-24-9)10-3-6-14(15(7-10)28-2)22-18(27)23-17(26)12-5-4-11(20)8-13(12)19/h3-8H,1-2H3,(H,21,24,25)(H2,22,23,26,27). The highest BCUT2D eigenvalue weighted by molar-refractivity contribution is 6.34. The molecule has 0 unspecified atom stereocenters. The molecule has 3 amide bonds. The largest absolute Gasteiger partial charge is 0.495 e. The second-order valence-corrected chi connectivity index (χ2v) is 6.11. The van der Waals surface area contributed by atoms with E-state index in [-0.39, 0.29) is 10.6 Å². The Bertz CT molecular complexity index is 1050. The van der Waals surface area contributed by atoms with E-state index in [9.17, 15) is 14.0 Å². The van der Waals surface area contributed by atoms with E-state index in [4.69, 9.17) is 16.3 Å². The number of anilines is 1. The summed E-state index contributed by atoms with van der Waals surface area (Å²) in [5.74, 6) is 0.211. The van der Waals surface area contributed by atoms with Crippen molar-refractivity contribution < 1.29 is 18.7 Å². The van der Waals surface area contributed by atoms with Crippen molar-refractivity contribution in [2.24, 2.45) is 0 Å². The molecule has 0 bridgehead atoms. The third-order valence-electron chi connectivity index (χ3n) is 3.73. The number of aromatic amines is 1. The number of ether oxygens (including phenoxy) is 1. The van der Waals surface area contributed by atoms with Crippen LogP contribution in [-0.4, -0.2) is 34.2 Å². The van der Waals surface area contributed by atoms with E-state index >= 15 is 0 Å². The molecule has 1 heterocycles. The third kappa shape index (κ3) is 4.26. The molecule has 2 aromatic carbocycles. The van der Waals surface area contributed by atoms with Crippen molar-refractivity contribution in [3.05, 3.63) is 58.6 Å². The van der Waals surface area contributed by atoms with Gasteiger partial charge in [-0.1, -0.05) is 11.6 Å². The summed E-state index contributed by atoms with van der Waals surface area (Å²) in [7, 11) is 1.44. The number of amides is 3. The maximum atomic E-state index is 13.1. The minimum Gasteiger partial charge on any atom is -0.495 e. The highest BCUT2D eigenvalue weighted by Gasteiger charge is 2.16. The fourth-order valence-corrected chi connectivity index (χ4v) is 2.67. The van der Waals surface area contributed by atoms with Crippen LogP contribution in [0, 0.1) is 12.7 Å². The summed E-state index contributed by atoms with van der Waals surface area (Å²) in [6.07, 6.45) is 0. The summed E-state index contributed by atoms with van der Waals surface area (Å²) in [5, 5.41) is 12.4. The Labute approximate surface area is 164 Å². The topological polar surface area (TPSA) is 109 Å². The van der Waals surface area contributed by atoms with Crippen LogP contribution in [0.3, 0.4) is 0 Å². The Morgan fingerprint density at radius 2 is 1.96 bits per heavy atom. The second kappa shape index (κ2) is 8.05. The number of aromatic nitrogens is 3. The normalized spacial score (nSPS) is 10.4. The zero-order valence-corrected chi connectivity index (χ0v) is 15.6. The molecule has 0 aliphatic heterocycles. The molecule has 28 heavy (non-hydrogen) atoms. The van der Waals surface area contributed by atoms with Gasteiger partial charge in [-0.2, -0.15) is 0 Å². The summed E-state index contributed by atoms with van der Waals surface area (Å²) in [6.45, 7) is 1.78. The molecular weight excluding hydrogens is 389 g/mol. The summed E-state index contributed by atoms with van der Waals surface area (Å²) in [5.41, 5.74) is 1.01. The van der Waals surface area contributed by atoms with Gasteiger partial charge in [0, 0.05) is 5.56 Å². The van der Waals surface area contributed by atoms with Crippen molar-refractivity contribution in [3.63, 3.8) is 0 Å². The van der Waals surface area contributed by atoms with Crippen LogP contribution in [0.5, 0.6) is 5.75 Å². The minimum absolute atomic E-state index is 0.0266. The first-order valence-electron chi connectivity index (χ1n) is 8.02. The van der Waals surface area contributed by atoms with Gasteiger partial charge in [-0.05, 0) is 43.3 Å². The van der Waals surface area contributed by atoms with Crippen LogP contribution in [-0.2, 0) is 0 Å². The first-order chi connectivity index (χ1) is 13.4. The van der Waals surface area contributed by atoms with Gasteiger partial charge in [-0.25, -0.2) is 9.18 Å². The zero-order chi connectivity index (χ0) is 20.3. The molecule has 3 aromatic rings. The number of methoxy groups -OCH3 is 1. The van der Waals surface area contributed by atoms with Gasteiger partial charge in [0.2, 0.25) is 0 Å². The molecule has 0 fully saturated rings. The third-order valence-corrected chi connectivity index (χ3v) is 4.04. The van der Waals surface area contributed by atoms with Gasteiger partial charge in [-0.15, -0.1) is 10.2 Å². The molecule has 0 aliphatic carbocycles. The van der Waals surface area contributed by atoms with E-state index in [2.05, 4.69) is 25.8 Å². The van der Waals surface area contributed by atoms with Crippen molar-refractivity contribution in [2.75, 3.05) is 12.4 Å². The van der Waals surface area contributed by atoms with Crippen LogP contribution < -0.4 is 15.4 Å². The minimum atomic E-state index is -0.799. The van der Waals surface area contributed by atoms with Crippen LogP contribution in [0.1, 0.15) is 16.2 Å². The summed E-state index contributed by atoms with van der Waals surface area (Å²) in [6, 6.07) is 7.42. The monoisotopic (exact) mass is 403 g/mol. The number of imide groups is 1. The van der Waals surface area contributed by atoms with Crippen LogP contribution in [0.15, 0.2) is 36.4 Å². The SMILES string of the molecule is COc1cc(-c2nnc(C)[nH]2)ccc1NC(=O)NC(=O)c1ccc(F)cc1Cl. The number of halogens is 2. The van der Waals surface area contributed by atoms with E-state index in [0.29, 0.717) is 28.6 Å². The molecule has 8 nitrogen and oxygen atoms in total. The predicted molar refractivity (Wildman–Crippen MR) is 101 cm³/mol.